The molecule has 1 saturated heterocycles. The fourth-order valence-corrected chi connectivity index (χ4v) is 4.98. The molecule has 0 spiro atoms. The van der Waals surface area contributed by atoms with Crippen LogP contribution in [0.15, 0.2) is 97.1 Å². The number of aryl methyl sites for hydroxylation is 1. The van der Waals surface area contributed by atoms with Gasteiger partial charge in [-0.05, 0) is 29.0 Å². The molecule has 6 heteroatoms. The highest BCUT2D eigenvalue weighted by molar-refractivity contribution is 7.80. The van der Waals surface area contributed by atoms with E-state index in [1.165, 1.54) is 0 Å². The van der Waals surface area contributed by atoms with Crippen LogP contribution < -0.4 is 4.74 Å². The summed E-state index contributed by atoms with van der Waals surface area (Å²) in [7, 11) is 0. The van der Waals surface area contributed by atoms with Crippen molar-refractivity contribution in [2.75, 3.05) is 6.61 Å². The van der Waals surface area contributed by atoms with Crippen LogP contribution in [0, 0.1) is 6.92 Å². The smallest absolute Gasteiger partial charge is 0.157 e. The molecule has 37 heavy (non-hydrogen) atoms. The van der Waals surface area contributed by atoms with Crippen molar-refractivity contribution in [3.8, 4) is 5.75 Å². The maximum absolute atomic E-state index is 11.2. The van der Waals surface area contributed by atoms with Crippen LogP contribution in [0.2, 0.25) is 0 Å². The van der Waals surface area contributed by atoms with E-state index in [1.807, 2.05) is 97.9 Å². The summed E-state index contributed by atoms with van der Waals surface area (Å²) in [6.07, 6.45) is -2.80. The molecule has 0 bridgehead atoms. The third kappa shape index (κ3) is 6.17. The molecule has 0 aromatic heterocycles. The minimum Gasteiger partial charge on any atom is -0.484 e. The standard InChI is InChI=1S/C31H32O5S/c1-21-16-17-24-14-8-9-15-25(24)28(21)36-30-27(32)31(37)35-26(20-33-18-22-10-4-2-5-11-22)29(30)34-19-23-12-6-3-7-13-23/h2-17,26-27,29-32,37H,18-20H2,1H3/t26-,27-,29-,30-,31+/m1/s1. The average molecular weight is 517 g/mol. The van der Waals surface area contributed by atoms with Crippen molar-refractivity contribution in [2.45, 2.75) is 50.0 Å². The molecule has 0 unspecified atom stereocenters. The van der Waals surface area contributed by atoms with Crippen LogP contribution in [0.25, 0.3) is 10.8 Å². The van der Waals surface area contributed by atoms with Crippen LogP contribution in [0.5, 0.6) is 5.75 Å². The molecule has 1 fully saturated rings. The molecule has 1 aliphatic rings. The third-order valence-corrected chi connectivity index (χ3v) is 7.07. The van der Waals surface area contributed by atoms with E-state index in [0.29, 0.717) is 13.2 Å². The van der Waals surface area contributed by atoms with Gasteiger partial charge in [0.25, 0.3) is 0 Å². The first-order valence-corrected chi connectivity index (χ1v) is 13.1. The number of fused-ring (bicyclic) bond motifs is 1. The molecule has 192 valence electrons. The van der Waals surface area contributed by atoms with Crippen molar-refractivity contribution < 1.29 is 24.1 Å². The van der Waals surface area contributed by atoms with Gasteiger partial charge in [0.15, 0.2) is 6.10 Å². The number of aliphatic hydroxyl groups is 1. The van der Waals surface area contributed by atoms with Gasteiger partial charge in [-0.25, -0.2) is 0 Å². The monoisotopic (exact) mass is 516 g/mol. The second-order valence-electron chi connectivity index (χ2n) is 9.33. The third-order valence-electron chi connectivity index (χ3n) is 6.64. The zero-order valence-corrected chi connectivity index (χ0v) is 21.7. The molecule has 0 saturated carbocycles. The number of aliphatic hydroxyl groups excluding tert-OH is 1. The van der Waals surface area contributed by atoms with Crippen molar-refractivity contribution in [3.05, 3.63) is 114 Å². The molecule has 1 aliphatic heterocycles. The minimum atomic E-state index is -1.01. The Bertz CT molecular complexity index is 1280. The van der Waals surface area contributed by atoms with Crippen LogP contribution >= 0.6 is 12.6 Å². The lowest BCUT2D eigenvalue weighted by atomic mass is 9.98. The maximum atomic E-state index is 11.2. The summed E-state index contributed by atoms with van der Waals surface area (Å²) < 4.78 is 25.2. The van der Waals surface area contributed by atoms with E-state index in [9.17, 15) is 5.11 Å². The molecule has 1 heterocycles. The van der Waals surface area contributed by atoms with Gasteiger partial charge in [-0.15, -0.1) is 12.6 Å². The lowest BCUT2D eigenvalue weighted by molar-refractivity contribution is -0.221. The van der Waals surface area contributed by atoms with E-state index in [4.69, 9.17) is 18.9 Å². The molecule has 4 aromatic carbocycles. The first kappa shape index (κ1) is 25.8. The van der Waals surface area contributed by atoms with Gasteiger partial charge in [0, 0.05) is 5.39 Å². The summed E-state index contributed by atoms with van der Waals surface area (Å²) >= 11 is 4.55. The van der Waals surface area contributed by atoms with E-state index >= 15 is 0 Å². The van der Waals surface area contributed by atoms with Crippen LogP contribution in [-0.2, 0) is 27.4 Å². The highest BCUT2D eigenvalue weighted by atomic mass is 32.1. The van der Waals surface area contributed by atoms with Crippen molar-refractivity contribution in [2.24, 2.45) is 0 Å². The SMILES string of the molecule is Cc1ccc2ccccc2c1O[C@@H]1[C@@H](O)[C@H](S)O[C@H](COCc2ccccc2)[C@H]1OCc1ccccc1. The summed E-state index contributed by atoms with van der Waals surface area (Å²) in [6.45, 7) is 3.07. The molecule has 5 nitrogen and oxygen atoms in total. The molecular weight excluding hydrogens is 484 g/mol. The second-order valence-corrected chi connectivity index (χ2v) is 9.84. The number of thiol groups is 1. The van der Waals surface area contributed by atoms with E-state index < -0.39 is 29.9 Å². The lowest BCUT2D eigenvalue weighted by Gasteiger charge is -2.43. The quantitative estimate of drug-likeness (QED) is 0.279. The molecule has 0 aliphatic carbocycles. The van der Waals surface area contributed by atoms with Gasteiger partial charge in [0.1, 0.15) is 29.5 Å². The number of hydrogen-bond acceptors (Lipinski definition) is 6. The number of benzene rings is 4. The Kier molecular flexibility index (Phi) is 8.44. The Morgan fingerprint density at radius 3 is 2.16 bits per heavy atom. The Balaban J connectivity index is 1.41. The van der Waals surface area contributed by atoms with Crippen LogP contribution in [-0.4, -0.2) is 41.6 Å². The van der Waals surface area contributed by atoms with Crippen LogP contribution in [0.3, 0.4) is 0 Å². The van der Waals surface area contributed by atoms with Crippen molar-refractivity contribution >= 4 is 23.4 Å². The Hall–Kier alpha value is -2.87. The van der Waals surface area contributed by atoms with Gasteiger partial charge >= 0.3 is 0 Å². The fraction of sp³-hybridized carbons (Fsp3) is 0.290. The minimum absolute atomic E-state index is 0.270. The number of hydrogen-bond donors (Lipinski definition) is 2. The molecular formula is C31H32O5S. The molecule has 0 amide bonds. The highest BCUT2D eigenvalue weighted by Gasteiger charge is 2.47. The topological polar surface area (TPSA) is 57.2 Å². The summed E-state index contributed by atoms with van der Waals surface area (Å²) in [5, 5.41) is 13.3. The molecule has 4 aromatic rings. The lowest BCUT2D eigenvalue weighted by Crippen LogP contribution is -2.60. The first-order chi connectivity index (χ1) is 18.1. The largest absolute Gasteiger partial charge is 0.484 e. The van der Waals surface area contributed by atoms with Crippen molar-refractivity contribution in [1.82, 2.24) is 0 Å². The summed E-state index contributed by atoms with van der Waals surface area (Å²) in [4.78, 5) is 0. The number of ether oxygens (including phenoxy) is 4. The van der Waals surface area contributed by atoms with E-state index in [1.54, 1.807) is 0 Å². The summed E-state index contributed by atoms with van der Waals surface area (Å²) in [5.74, 6) is 0.724. The number of rotatable bonds is 9. The van der Waals surface area contributed by atoms with Crippen LogP contribution in [0.1, 0.15) is 16.7 Å². The van der Waals surface area contributed by atoms with Gasteiger partial charge in [-0.2, -0.15) is 0 Å². The van der Waals surface area contributed by atoms with Gasteiger partial charge < -0.3 is 24.1 Å². The Morgan fingerprint density at radius 1 is 0.784 bits per heavy atom. The average Bonchev–Trinajstić information content (AvgIpc) is 2.93. The normalized spacial score (nSPS) is 23.7. The van der Waals surface area contributed by atoms with E-state index in [0.717, 1.165) is 33.2 Å². The van der Waals surface area contributed by atoms with Crippen LogP contribution in [0.4, 0.5) is 0 Å². The van der Waals surface area contributed by atoms with Gasteiger partial charge in [-0.3, -0.25) is 0 Å². The second kappa shape index (κ2) is 12.1. The van der Waals surface area contributed by atoms with Gasteiger partial charge in [0.05, 0.1) is 19.8 Å². The van der Waals surface area contributed by atoms with Gasteiger partial charge in [-0.1, -0.05) is 97.1 Å². The van der Waals surface area contributed by atoms with Crippen molar-refractivity contribution in [3.63, 3.8) is 0 Å². The summed E-state index contributed by atoms with van der Waals surface area (Å²) in [5.41, 5.74) is 2.32. The maximum Gasteiger partial charge on any atom is 0.157 e. The van der Waals surface area contributed by atoms with E-state index in [-0.39, 0.29) is 6.61 Å². The molecule has 0 radical (unpaired) electrons. The first-order valence-electron chi connectivity index (χ1n) is 12.5. The Labute approximate surface area is 223 Å². The Morgan fingerprint density at radius 2 is 1.43 bits per heavy atom. The van der Waals surface area contributed by atoms with Gasteiger partial charge in [0.2, 0.25) is 0 Å². The molecule has 5 rings (SSSR count). The predicted octanol–water partition coefficient (Wildman–Crippen LogP) is 5.71. The summed E-state index contributed by atoms with van der Waals surface area (Å²) in [6, 6.07) is 32.1. The molecule has 1 N–H and O–H groups in total. The fourth-order valence-electron chi connectivity index (χ4n) is 4.66. The predicted molar refractivity (Wildman–Crippen MR) is 148 cm³/mol. The van der Waals surface area contributed by atoms with E-state index in [2.05, 4.69) is 18.7 Å². The highest BCUT2D eigenvalue weighted by Crippen LogP contribution is 2.35. The zero-order chi connectivity index (χ0) is 25.6. The van der Waals surface area contributed by atoms with Crippen molar-refractivity contribution in [1.29, 1.82) is 0 Å². The zero-order valence-electron chi connectivity index (χ0n) is 20.8. The molecule has 5 atom stereocenters.